The maximum Gasteiger partial charge on any atom is 0.191 e. The summed E-state index contributed by atoms with van der Waals surface area (Å²) in [5.74, 6) is -0.365. The molecular formula is C16H22F2IN3O. The molecule has 0 aliphatic carbocycles. The first-order chi connectivity index (χ1) is 10.7. The predicted octanol–water partition coefficient (Wildman–Crippen LogP) is 2.61. The number of halogens is 3. The molecule has 2 aliphatic rings. The molecule has 2 aliphatic heterocycles. The van der Waals surface area contributed by atoms with Gasteiger partial charge in [-0.05, 0) is 37.8 Å². The number of benzene rings is 1. The average Bonchev–Trinajstić information content (AvgIpc) is 3.11. The molecular weight excluding hydrogens is 415 g/mol. The number of ether oxygens (including phenoxy) is 1. The molecule has 7 heteroatoms. The molecule has 3 atom stereocenters. The molecule has 23 heavy (non-hydrogen) atoms. The fourth-order valence-electron chi connectivity index (χ4n) is 3.24. The minimum Gasteiger partial charge on any atom is -0.373 e. The Labute approximate surface area is 152 Å². The highest BCUT2D eigenvalue weighted by Gasteiger charge is 2.41. The molecule has 0 radical (unpaired) electrons. The molecule has 2 saturated heterocycles. The largest absolute Gasteiger partial charge is 0.373 e. The van der Waals surface area contributed by atoms with Gasteiger partial charge in [-0.3, -0.25) is 4.99 Å². The van der Waals surface area contributed by atoms with Crippen molar-refractivity contribution in [2.75, 3.05) is 13.6 Å². The van der Waals surface area contributed by atoms with Crippen LogP contribution in [0, 0.1) is 11.6 Å². The Hall–Kier alpha value is -0.960. The summed E-state index contributed by atoms with van der Waals surface area (Å²) >= 11 is 0. The van der Waals surface area contributed by atoms with Crippen molar-refractivity contribution >= 4 is 29.9 Å². The van der Waals surface area contributed by atoms with Gasteiger partial charge in [-0.1, -0.05) is 6.07 Å². The Kier molecular flexibility index (Phi) is 6.58. The molecule has 0 aromatic heterocycles. The van der Waals surface area contributed by atoms with Crippen LogP contribution < -0.4 is 10.6 Å². The van der Waals surface area contributed by atoms with Crippen molar-refractivity contribution in [3.05, 3.63) is 35.4 Å². The normalized spacial score (nSPS) is 26.0. The summed E-state index contributed by atoms with van der Waals surface area (Å²) in [5.41, 5.74) is 0.105. The highest BCUT2D eigenvalue weighted by atomic mass is 127. The van der Waals surface area contributed by atoms with Gasteiger partial charge in [0, 0.05) is 19.2 Å². The van der Waals surface area contributed by atoms with Crippen LogP contribution in [0.3, 0.4) is 0 Å². The van der Waals surface area contributed by atoms with Gasteiger partial charge in [0.1, 0.15) is 11.6 Å². The van der Waals surface area contributed by atoms with Gasteiger partial charge in [0.2, 0.25) is 0 Å². The number of aliphatic imine (C=N–C) groups is 1. The van der Waals surface area contributed by atoms with E-state index in [9.17, 15) is 8.78 Å². The Morgan fingerprint density at radius 2 is 2.04 bits per heavy atom. The molecule has 2 bridgehead atoms. The minimum absolute atomic E-state index is 0. The topological polar surface area (TPSA) is 45.7 Å². The van der Waals surface area contributed by atoms with Crippen LogP contribution in [0.1, 0.15) is 24.8 Å². The summed E-state index contributed by atoms with van der Waals surface area (Å²) in [7, 11) is 1.69. The van der Waals surface area contributed by atoms with Gasteiger partial charge in [-0.2, -0.15) is 0 Å². The van der Waals surface area contributed by atoms with Gasteiger partial charge in [0.25, 0.3) is 0 Å². The number of rotatable bonds is 4. The maximum atomic E-state index is 13.6. The summed E-state index contributed by atoms with van der Waals surface area (Å²) in [6, 6.07) is 4.20. The van der Waals surface area contributed by atoms with E-state index < -0.39 is 11.6 Å². The molecule has 0 amide bonds. The van der Waals surface area contributed by atoms with Crippen LogP contribution in [0.4, 0.5) is 8.78 Å². The van der Waals surface area contributed by atoms with Crippen molar-refractivity contribution in [1.29, 1.82) is 0 Å². The van der Waals surface area contributed by atoms with Crippen LogP contribution in [0.2, 0.25) is 0 Å². The van der Waals surface area contributed by atoms with Crippen molar-refractivity contribution in [3.63, 3.8) is 0 Å². The van der Waals surface area contributed by atoms with E-state index in [0.717, 1.165) is 19.3 Å². The third kappa shape index (κ3) is 4.32. The number of nitrogens with one attached hydrogen (secondary N) is 2. The fourth-order valence-corrected chi connectivity index (χ4v) is 3.24. The lowest BCUT2D eigenvalue weighted by Crippen LogP contribution is -2.47. The summed E-state index contributed by atoms with van der Waals surface area (Å²) in [5, 5.41) is 6.45. The van der Waals surface area contributed by atoms with E-state index in [0.29, 0.717) is 18.6 Å². The molecule has 2 fully saturated rings. The van der Waals surface area contributed by atoms with Crippen LogP contribution in [-0.4, -0.2) is 37.8 Å². The lowest BCUT2D eigenvalue weighted by Gasteiger charge is -2.22. The zero-order chi connectivity index (χ0) is 15.5. The second-order valence-electron chi connectivity index (χ2n) is 5.81. The standard InChI is InChI=1S/C16H21F2N3O.HI/c1-19-16(21-14-9-10-5-6-15(14)22-10)20-8-7-11-12(17)3-2-4-13(11)18;/h2-4,10,14-15H,5-9H2,1H3,(H2,19,20,21);1H. The third-order valence-corrected chi connectivity index (χ3v) is 4.38. The molecule has 2 N–H and O–H groups in total. The van der Waals surface area contributed by atoms with Crippen LogP contribution in [0.5, 0.6) is 0 Å². The highest BCUT2D eigenvalue weighted by molar-refractivity contribution is 14.0. The Morgan fingerprint density at radius 1 is 1.30 bits per heavy atom. The summed E-state index contributed by atoms with van der Waals surface area (Å²) < 4.78 is 32.9. The van der Waals surface area contributed by atoms with Crippen molar-refractivity contribution in [2.45, 2.75) is 43.9 Å². The Morgan fingerprint density at radius 3 is 2.61 bits per heavy atom. The van der Waals surface area contributed by atoms with Crippen molar-refractivity contribution in [3.8, 4) is 0 Å². The van der Waals surface area contributed by atoms with Gasteiger partial charge in [0.05, 0.1) is 18.2 Å². The second kappa shape index (κ2) is 8.23. The Bertz CT molecular complexity index is 550. The lowest BCUT2D eigenvalue weighted by molar-refractivity contribution is 0.0992. The fraction of sp³-hybridized carbons (Fsp3) is 0.562. The van der Waals surface area contributed by atoms with Gasteiger partial charge in [0.15, 0.2) is 5.96 Å². The quantitative estimate of drug-likeness (QED) is 0.433. The van der Waals surface area contributed by atoms with E-state index in [2.05, 4.69) is 15.6 Å². The second-order valence-corrected chi connectivity index (χ2v) is 5.81. The van der Waals surface area contributed by atoms with Crippen molar-refractivity contribution < 1.29 is 13.5 Å². The number of hydrogen-bond donors (Lipinski definition) is 2. The molecule has 0 spiro atoms. The van der Waals surface area contributed by atoms with E-state index in [1.807, 2.05) is 0 Å². The van der Waals surface area contributed by atoms with E-state index in [4.69, 9.17) is 4.74 Å². The molecule has 3 unspecified atom stereocenters. The van der Waals surface area contributed by atoms with Gasteiger partial charge >= 0.3 is 0 Å². The number of hydrogen-bond acceptors (Lipinski definition) is 2. The summed E-state index contributed by atoms with van der Waals surface area (Å²) in [6.07, 6.45) is 4.11. The molecule has 128 valence electrons. The minimum atomic E-state index is -0.508. The van der Waals surface area contributed by atoms with Crippen LogP contribution in [0.25, 0.3) is 0 Å². The van der Waals surface area contributed by atoms with Gasteiger partial charge in [-0.15, -0.1) is 24.0 Å². The molecule has 2 heterocycles. The van der Waals surface area contributed by atoms with Crippen LogP contribution >= 0.6 is 24.0 Å². The smallest absolute Gasteiger partial charge is 0.191 e. The SMILES string of the molecule is CN=C(NCCc1c(F)cccc1F)NC1CC2CCC1O2.I. The predicted molar refractivity (Wildman–Crippen MR) is 96.3 cm³/mol. The lowest BCUT2D eigenvalue weighted by atomic mass is 9.96. The zero-order valence-electron chi connectivity index (χ0n) is 13.0. The van der Waals surface area contributed by atoms with Crippen LogP contribution in [0.15, 0.2) is 23.2 Å². The molecule has 4 nitrogen and oxygen atoms in total. The third-order valence-electron chi connectivity index (χ3n) is 4.38. The Balaban J connectivity index is 0.00000192. The molecule has 1 aromatic rings. The summed E-state index contributed by atoms with van der Waals surface area (Å²) in [4.78, 5) is 4.16. The van der Waals surface area contributed by atoms with E-state index in [1.165, 1.54) is 18.2 Å². The highest BCUT2D eigenvalue weighted by Crippen LogP contribution is 2.34. The number of fused-ring (bicyclic) bond motifs is 2. The van der Waals surface area contributed by atoms with Crippen molar-refractivity contribution in [1.82, 2.24) is 10.6 Å². The van der Waals surface area contributed by atoms with Crippen molar-refractivity contribution in [2.24, 2.45) is 4.99 Å². The van der Waals surface area contributed by atoms with E-state index in [1.54, 1.807) is 7.05 Å². The maximum absolute atomic E-state index is 13.6. The zero-order valence-corrected chi connectivity index (χ0v) is 15.3. The first-order valence-corrected chi connectivity index (χ1v) is 7.73. The molecule has 0 saturated carbocycles. The van der Waals surface area contributed by atoms with Gasteiger partial charge < -0.3 is 15.4 Å². The van der Waals surface area contributed by atoms with Gasteiger partial charge in [-0.25, -0.2) is 8.78 Å². The number of guanidine groups is 1. The van der Waals surface area contributed by atoms with E-state index >= 15 is 0 Å². The van der Waals surface area contributed by atoms with E-state index in [-0.39, 0.29) is 48.1 Å². The average molecular weight is 437 g/mol. The molecule has 1 aromatic carbocycles. The number of nitrogens with zero attached hydrogens (tertiary/aromatic N) is 1. The first-order valence-electron chi connectivity index (χ1n) is 7.73. The molecule has 3 rings (SSSR count). The summed E-state index contributed by atoms with van der Waals surface area (Å²) in [6.45, 7) is 0.416. The monoisotopic (exact) mass is 437 g/mol. The first kappa shape index (κ1) is 18.4. The van der Waals surface area contributed by atoms with Crippen LogP contribution in [-0.2, 0) is 11.2 Å².